The first-order valence-corrected chi connectivity index (χ1v) is 9.67. The van der Waals surface area contributed by atoms with Gasteiger partial charge in [-0.2, -0.15) is 0 Å². The zero-order valence-electron chi connectivity index (χ0n) is 13.6. The van der Waals surface area contributed by atoms with Crippen LogP contribution in [-0.2, 0) is 0 Å². The van der Waals surface area contributed by atoms with Crippen molar-refractivity contribution in [3.63, 3.8) is 0 Å². The number of benzene rings is 2. The predicted octanol–water partition coefficient (Wildman–Crippen LogP) is 5.81. The lowest BCUT2D eigenvalue weighted by Gasteiger charge is -2.15. The summed E-state index contributed by atoms with van der Waals surface area (Å²) in [7, 11) is 0. The lowest BCUT2D eigenvalue weighted by Crippen LogP contribution is -2.00. The minimum absolute atomic E-state index is 0.493. The van der Waals surface area contributed by atoms with E-state index in [0.29, 0.717) is 5.92 Å². The summed E-state index contributed by atoms with van der Waals surface area (Å²) < 4.78 is 2.85. The van der Waals surface area contributed by atoms with Crippen LogP contribution in [0.15, 0.2) is 46.3 Å². The van der Waals surface area contributed by atoms with E-state index in [1.54, 1.807) is 11.8 Å². The Kier molecular flexibility index (Phi) is 5.07. The Labute approximate surface area is 149 Å². The van der Waals surface area contributed by atoms with Crippen molar-refractivity contribution in [3.05, 3.63) is 46.7 Å². The van der Waals surface area contributed by atoms with Crippen LogP contribution < -0.4 is 0 Å². The van der Waals surface area contributed by atoms with Crippen LogP contribution in [0.3, 0.4) is 0 Å². The van der Waals surface area contributed by atoms with Crippen molar-refractivity contribution in [2.24, 2.45) is 0 Å². The second-order valence-electron chi connectivity index (χ2n) is 5.81. The first-order chi connectivity index (χ1) is 11.1. The van der Waals surface area contributed by atoms with Crippen molar-refractivity contribution in [2.75, 3.05) is 5.75 Å². The topological polar surface area (TPSA) is 30.7 Å². The van der Waals surface area contributed by atoms with Crippen molar-refractivity contribution in [3.8, 4) is 5.69 Å². The number of thioether (sulfide) groups is 1. The minimum Gasteiger partial charge on any atom is -0.264 e. The molecule has 0 aliphatic carbocycles. The molecule has 3 nitrogen and oxygen atoms in total. The standard InChI is InChI=1S/C18H20BrN3S/c1-4-11-23-18-21-20-17(19)22(18)16-10-9-13(12(2)3)14-7-5-6-8-15(14)16/h5-10,12H,4,11H2,1-3H3. The Bertz CT molecular complexity index is 826. The molecule has 0 bridgehead atoms. The summed E-state index contributed by atoms with van der Waals surface area (Å²) in [5, 5.41) is 12.0. The average molecular weight is 390 g/mol. The molecule has 1 heterocycles. The monoisotopic (exact) mass is 389 g/mol. The summed E-state index contributed by atoms with van der Waals surface area (Å²) in [4.78, 5) is 0. The van der Waals surface area contributed by atoms with Gasteiger partial charge < -0.3 is 0 Å². The third-order valence-corrected chi connectivity index (χ3v) is 5.47. The van der Waals surface area contributed by atoms with Crippen molar-refractivity contribution < 1.29 is 0 Å². The van der Waals surface area contributed by atoms with Crippen molar-refractivity contribution in [2.45, 2.75) is 38.3 Å². The van der Waals surface area contributed by atoms with Crippen molar-refractivity contribution >= 4 is 38.5 Å². The Hall–Kier alpha value is -1.33. The fraction of sp³-hybridized carbons (Fsp3) is 0.333. The van der Waals surface area contributed by atoms with Gasteiger partial charge in [-0.05, 0) is 45.3 Å². The summed E-state index contributed by atoms with van der Waals surface area (Å²) in [6.45, 7) is 6.65. The summed E-state index contributed by atoms with van der Waals surface area (Å²) in [6.07, 6.45) is 1.11. The van der Waals surface area contributed by atoms with Gasteiger partial charge in [0, 0.05) is 11.1 Å². The third kappa shape index (κ3) is 3.17. The zero-order valence-corrected chi connectivity index (χ0v) is 16.0. The number of fused-ring (bicyclic) bond motifs is 1. The Balaban J connectivity index is 2.22. The SMILES string of the molecule is CCCSc1nnc(Br)n1-c1ccc(C(C)C)c2ccccc12. The summed E-state index contributed by atoms with van der Waals surface area (Å²) >= 11 is 5.30. The van der Waals surface area contributed by atoms with Gasteiger partial charge in [0.25, 0.3) is 0 Å². The van der Waals surface area contributed by atoms with E-state index in [1.807, 2.05) is 0 Å². The fourth-order valence-corrected chi connectivity index (χ4v) is 4.10. The highest BCUT2D eigenvalue weighted by Crippen LogP contribution is 2.33. The molecule has 0 atom stereocenters. The highest BCUT2D eigenvalue weighted by molar-refractivity contribution is 9.10. The second-order valence-corrected chi connectivity index (χ2v) is 7.58. The molecule has 0 spiro atoms. The first kappa shape index (κ1) is 16.5. The van der Waals surface area contributed by atoms with E-state index in [1.165, 1.54) is 16.3 Å². The van der Waals surface area contributed by atoms with Crippen LogP contribution in [0.1, 0.15) is 38.7 Å². The van der Waals surface area contributed by atoms with E-state index in [4.69, 9.17) is 0 Å². The van der Waals surface area contributed by atoms with Gasteiger partial charge >= 0.3 is 0 Å². The average Bonchev–Trinajstić information content (AvgIpc) is 2.92. The molecule has 0 N–H and O–H groups in total. The summed E-state index contributed by atoms with van der Waals surface area (Å²) in [6, 6.07) is 13.0. The third-order valence-electron chi connectivity index (χ3n) is 3.83. The highest BCUT2D eigenvalue weighted by atomic mass is 79.9. The van der Waals surface area contributed by atoms with Crippen molar-refractivity contribution in [1.29, 1.82) is 0 Å². The molecule has 0 amide bonds. The van der Waals surface area contributed by atoms with Crippen LogP contribution in [0.5, 0.6) is 0 Å². The van der Waals surface area contributed by atoms with Crippen LogP contribution in [0, 0.1) is 0 Å². The maximum absolute atomic E-state index is 4.32. The van der Waals surface area contributed by atoms with E-state index in [0.717, 1.165) is 27.8 Å². The number of halogens is 1. The molecule has 0 fully saturated rings. The van der Waals surface area contributed by atoms with Crippen LogP contribution in [0.4, 0.5) is 0 Å². The smallest absolute Gasteiger partial charge is 0.205 e. The molecule has 5 heteroatoms. The highest BCUT2D eigenvalue weighted by Gasteiger charge is 2.16. The molecule has 0 saturated heterocycles. The zero-order chi connectivity index (χ0) is 16.4. The first-order valence-electron chi connectivity index (χ1n) is 7.89. The maximum Gasteiger partial charge on any atom is 0.205 e. The number of hydrogen-bond donors (Lipinski definition) is 0. The van der Waals surface area contributed by atoms with Crippen molar-refractivity contribution in [1.82, 2.24) is 14.8 Å². The molecule has 0 aliphatic heterocycles. The molecule has 0 radical (unpaired) electrons. The van der Waals surface area contributed by atoms with Crippen LogP contribution in [-0.4, -0.2) is 20.5 Å². The van der Waals surface area contributed by atoms with Gasteiger partial charge in [-0.25, -0.2) is 0 Å². The summed E-state index contributed by atoms with van der Waals surface area (Å²) in [5.41, 5.74) is 2.50. The molecule has 23 heavy (non-hydrogen) atoms. The Morgan fingerprint density at radius 3 is 2.52 bits per heavy atom. The van der Waals surface area contributed by atoms with Crippen LogP contribution in [0.2, 0.25) is 0 Å². The summed E-state index contributed by atoms with van der Waals surface area (Å²) in [5.74, 6) is 1.53. The molecule has 3 aromatic rings. The van der Waals surface area contributed by atoms with Crippen LogP contribution >= 0.6 is 27.7 Å². The number of aromatic nitrogens is 3. The largest absolute Gasteiger partial charge is 0.264 e. The van der Waals surface area contributed by atoms with Gasteiger partial charge in [-0.15, -0.1) is 10.2 Å². The van der Waals surface area contributed by atoms with E-state index < -0.39 is 0 Å². The Morgan fingerprint density at radius 2 is 1.83 bits per heavy atom. The van der Waals surface area contributed by atoms with E-state index in [9.17, 15) is 0 Å². The van der Waals surface area contributed by atoms with Gasteiger partial charge in [-0.3, -0.25) is 4.57 Å². The Morgan fingerprint density at radius 1 is 1.09 bits per heavy atom. The fourth-order valence-electron chi connectivity index (χ4n) is 2.75. The quantitative estimate of drug-likeness (QED) is 0.515. The van der Waals surface area contributed by atoms with Crippen LogP contribution in [0.25, 0.3) is 16.5 Å². The van der Waals surface area contributed by atoms with E-state index in [-0.39, 0.29) is 0 Å². The molecule has 2 aromatic carbocycles. The number of rotatable bonds is 5. The van der Waals surface area contributed by atoms with Gasteiger partial charge in [0.15, 0.2) is 5.16 Å². The lowest BCUT2D eigenvalue weighted by atomic mass is 9.95. The van der Waals surface area contributed by atoms with E-state index >= 15 is 0 Å². The molecule has 0 aliphatic rings. The number of hydrogen-bond acceptors (Lipinski definition) is 3. The predicted molar refractivity (Wildman–Crippen MR) is 102 cm³/mol. The molecular formula is C18H20BrN3S. The maximum atomic E-state index is 4.32. The molecular weight excluding hydrogens is 370 g/mol. The normalized spacial score (nSPS) is 11.5. The molecule has 0 saturated carbocycles. The molecule has 3 rings (SSSR count). The molecule has 1 aromatic heterocycles. The van der Waals surface area contributed by atoms with Gasteiger partial charge in [0.1, 0.15) is 0 Å². The molecule has 120 valence electrons. The van der Waals surface area contributed by atoms with Gasteiger partial charge in [-0.1, -0.05) is 62.9 Å². The van der Waals surface area contributed by atoms with E-state index in [2.05, 4.69) is 87.9 Å². The second kappa shape index (κ2) is 7.05. The minimum atomic E-state index is 0.493. The number of nitrogens with zero attached hydrogens (tertiary/aromatic N) is 3. The lowest BCUT2D eigenvalue weighted by molar-refractivity contribution is 0.865. The van der Waals surface area contributed by atoms with Gasteiger partial charge in [0.2, 0.25) is 4.73 Å². The molecule has 0 unspecified atom stereocenters. The van der Waals surface area contributed by atoms with Gasteiger partial charge in [0.05, 0.1) is 5.69 Å².